The SMILES string of the molecule is CCOc1ccnc(F)c1NC(=O)O. The lowest BCUT2D eigenvalue weighted by Gasteiger charge is -2.08. The third-order valence-electron chi connectivity index (χ3n) is 1.40. The average Bonchev–Trinajstić information content (AvgIpc) is 2.11. The number of nitrogens with one attached hydrogen (secondary N) is 1. The average molecular weight is 200 g/mol. The standard InChI is InChI=1S/C8H9FN2O3/c1-2-14-5-3-4-10-7(9)6(5)11-8(12)13/h3-4,11H,2H2,1H3,(H,12,13). The number of aromatic nitrogens is 1. The van der Waals surface area contributed by atoms with Crippen molar-refractivity contribution in [3.8, 4) is 5.75 Å². The summed E-state index contributed by atoms with van der Waals surface area (Å²) >= 11 is 0. The number of nitrogens with zero attached hydrogens (tertiary/aromatic N) is 1. The van der Waals surface area contributed by atoms with Crippen LogP contribution in [-0.4, -0.2) is 22.8 Å². The highest BCUT2D eigenvalue weighted by molar-refractivity contribution is 5.84. The summed E-state index contributed by atoms with van der Waals surface area (Å²) in [4.78, 5) is 13.6. The molecule has 1 amide bonds. The Hall–Kier alpha value is -1.85. The lowest BCUT2D eigenvalue weighted by atomic mass is 10.4. The fourth-order valence-electron chi connectivity index (χ4n) is 0.916. The molecule has 14 heavy (non-hydrogen) atoms. The van der Waals surface area contributed by atoms with E-state index in [4.69, 9.17) is 9.84 Å². The molecule has 0 saturated carbocycles. The smallest absolute Gasteiger partial charge is 0.409 e. The Morgan fingerprint density at radius 3 is 3.07 bits per heavy atom. The summed E-state index contributed by atoms with van der Waals surface area (Å²) in [6.45, 7) is 2.03. The van der Waals surface area contributed by atoms with E-state index in [-0.39, 0.29) is 11.4 Å². The number of hydrogen-bond donors (Lipinski definition) is 2. The monoisotopic (exact) mass is 200 g/mol. The summed E-state index contributed by atoms with van der Waals surface area (Å²) in [5.41, 5.74) is -0.262. The van der Waals surface area contributed by atoms with E-state index < -0.39 is 12.0 Å². The van der Waals surface area contributed by atoms with E-state index in [1.807, 2.05) is 5.32 Å². The molecule has 0 saturated heterocycles. The minimum absolute atomic E-state index is 0.127. The van der Waals surface area contributed by atoms with Crippen molar-refractivity contribution in [3.63, 3.8) is 0 Å². The molecular weight excluding hydrogens is 191 g/mol. The molecule has 0 aromatic carbocycles. The summed E-state index contributed by atoms with van der Waals surface area (Å²) in [5.74, 6) is -0.777. The van der Waals surface area contributed by atoms with Gasteiger partial charge in [0.1, 0.15) is 11.4 Å². The van der Waals surface area contributed by atoms with Crippen molar-refractivity contribution in [3.05, 3.63) is 18.2 Å². The van der Waals surface area contributed by atoms with Crippen LogP contribution >= 0.6 is 0 Å². The minimum atomic E-state index is -1.36. The first-order valence-electron chi connectivity index (χ1n) is 3.92. The number of rotatable bonds is 3. The molecule has 1 aromatic rings. The minimum Gasteiger partial charge on any atom is -0.491 e. The normalized spacial score (nSPS) is 9.57. The Bertz CT molecular complexity index is 343. The first-order chi connectivity index (χ1) is 6.65. The maximum atomic E-state index is 13.0. The van der Waals surface area contributed by atoms with Gasteiger partial charge in [-0.2, -0.15) is 4.39 Å². The van der Waals surface area contributed by atoms with Crippen molar-refractivity contribution in [2.75, 3.05) is 11.9 Å². The van der Waals surface area contributed by atoms with Gasteiger partial charge in [0.25, 0.3) is 0 Å². The van der Waals surface area contributed by atoms with Crippen molar-refractivity contribution in [1.82, 2.24) is 4.98 Å². The number of ether oxygens (including phenoxy) is 1. The van der Waals surface area contributed by atoms with Crippen LogP contribution in [0.4, 0.5) is 14.9 Å². The van der Waals surface area contributed by atoms with Gasteiger partial charge in [0.2, 0.25) is 5.95 Å². The molecule has 0 unspecified atom stereocenters. The summed E-state index contributed by atoms with van der Waals surface area (Å²) in [6.07, 6.45) is -0.161. The molecule has 1 aromatic heterocycles. The molecular formula is C8H9FN2O3. The molecule has 0 aliphatic heterocycles. The lowest BCUT2D eigenvalue weighted by molar-refractivity contribution is 0.209. The summed E-state index contributed by atoms with van der Waals surface area (Å²) < 4.78 is 18.0. The Morgan fingerprint density at radius 2 is 2.50 bits per heavy atom. The van der Waals surface area contributed by atoms with Crippen LogP contribution in [0, 0.1) is 5.95 Å². The number of pyridine rings is 1. The van der Waals surface area contributed by atoms with E-state index in [1.54, 1.807) is 6.92 Å². The molecule has 0 atom stereocenters. The van der Waals surface area contributed by atoms with E-state index in [9.17, 15) is 9.18 Å². The first-order valence-corrected chi connectivity index (χ1v) is 3.92. The molecule has 76 valence electrons. The van der Waals surface area contributed by atoms with Crippen LogP contribution in [0.25, 0.3) is 0 Å². The molecule has 5 nitrogen and oxygen atoms in total. The van der Waals surface area contributed by atoms with Gasteiger partial charge in [-0.3, -0.25) is 5.32 Å². The van der Waals surface area contributed by atoms with Crippen LogP contribution in [0.1, 0.15) is 6.92 Å². The molecule has 2 N–H and O–H groups in total. The highest BCUT2D eigenvalue weighted by Crippen LogP contribution is 2.25. The summed E-state index contributed by atoms with van der Waals surface area (Å²) in [6, 6.07) is 1.39. The van der Waals surface area contributed by atoms with E-state index >= 15 is 0 Å². The number of amides is 1. The number of halogens is 1. The van der Waals surface area contributed by atoms with Crippen LogP contribution in [0.5, 0.6) is 5.75 Å². The summed E-state index contributed by atoms with van der Waals surface area (Å²) in [5, 5.41) is 10.3. The molecule has 0 aliphatic rings. The van der Waals surface area contributed by atoms with Gasteiger partial charge in [-0.1, -0.05) is 0 Å². The molecule has 0 fully saturated rings. The number of carboxylic acid groups (broad SMARTS) is 1. The third-order valence-corrected chi connectivity index (χ3v) is 1.40. The Morgan fingerprint density at radius 1 is 1.79 bits per heavy atom. The second-order valence-corrected chi connectivity index (χ2v) is 2.34. The molecule has 0 bridgehead atoms. The summed E-state index contributed by atoms with van der Waals surface area (Å²) in [7, 11) is 0. The molecule has 0 spiro atoms. The van der Waals surface area contributed by atoms with Gasteiger partial charge in [-0.05, 0) is 6.92 Å². The zero-order valence-electron chi connectivity index (χ0n) is 7.45. The van der Waals surface area contributed by atoms with Crippen molar-refractivity contribution in [2.24, 2.45) is 0 Å². The van der Waals surface area contributed by atoms with Crippen molar-refractivity contribution in [2.45, 2.75) is 6.92 Å². The number of anilines is 1. The van der Waals surface area contributed by atoms with Gasteiger partial charge < -0.3 is 9.84 Å². The fraction of sp³-hybridized carbons (Fsp3) is 0.250. The largest absolute Gasteiger partial charge is 0.491 e. The second kappa shape index (κ2) is 4.40. The molecule has 1 heterocycles. The van der Waals surface area contributed by atoms with Crippen molar-refractivity contribution in [1.29, 1.82) is 0 Å². The fourth-order valence-corrected chi connectivity index (χ4v) is 0.916. The Kier molecular flexibility index (Phi) is 3.22. The van der Waals surface area contributed by atoms with E-state index in [0.29, 0.717) is 6.61 Å². The number of carbonyl (C=O) groups is 1. The van der Waals surface area contributed by atoms with Crippen molar-refractivity contribution >= 4 is 11.8 Å². The van der Waals surface area contributed by atoms with Crippen LogP contribution in [-0.2, 0) is 0 Å². The second-order valence-electron chi connectivity index (χ2n) is 2.34. The molecule has 1 rings (SSSR count). The topological polar surface area (TPSA) is 71.5 Å². The van der Waals surface area contributed by atoms with E-state index in [2.05, 4.69) is 4.98 Å². The van der Waals surface area contributed by atoms with Gasteiger partial charge in [0, 0.05) is 12.3 Å². The predicted octanol–water partition coefficient (Wildman–Crippen LogP) is 1.71. The highest BCUT2D eigenvalue weighted by atomic mass is 19.1. The van der Waals surface area contributed by atoms with E-state index in [0.717, 1.165) is 0 Å². The van der Waals surface area contributed by atoms with Gasteiger partial charge in [-0.15, -0.1) is 0 Å². The van der Waals surface area contributed by atoms with Crippen LogP contribution < -0.4 is 10.1 Å². The van der Waals surface area contributed by atoms with Gasteiger partial charge >= 0.3 is 6.09 Å². The van der Waals surface area contributed by atoms with Crippen LogP contribution in [0.3, 0.4) is 0 Å². The maximum absolute atomic E-state index is 13.0. The predicted molar refractivity (Wildman–Crippen MR) is 47.0 cm³/mol. The van der Waals surface area contributed by atoms with Gasteiger partial charge in [-0.25, -0.2) is 9.78 Å². The number of hydrogen-bond acceptors (Lipinski definition) is 3. The molecule has 6 heteroatoms. The lowest BCUT2D eigenvalue weighted by Crippen LogP contribution is -2.11. The van der Waals surface area contributed by atoms with E-state index in [1.165, 1.54) is 12.3 Å². The maximum Gasteiger partial charge on any atom is 0.409 e. The Balaban J connectivity index is 3.02. The van der Waals surface area contributed by atoms with Gasteiger partial charge in [0.05, 0.1) is 6.61 Å². The zero-order chi connectivity index (χ0) is 10.6. The van der Waals surface area contributed by atoms with Gasteiger partial charge in [0.15, 0.2) is 0 Å². The highest BCUT2D eigenvalue weighted by Gasteiger charge is 2.12. The molecule has 0 radical (unpaired) electrons. The van der Waals surface area contributed by atoms with Crippen LogP contribution in [0.2, 0.25) is 0 Å². The zero-order valence-corrected chi connectivity index (χ0v) is 7.45. The third kappa shape index (κ3) is 2.32. The quantitative estimate of drug-likeness (QED) is 0.728. The molecule has 0 aliphatic carbocycles. The van der Waals surface area contributed by atoms with Crippen molar-refractivity contribution < 1.29 is 19.0 Å². The first kappa shape index (κ1) is 10.2. The Labute approximate surface area is 79.5 Å². The van der Waals surface area contributed by atoms with Crippen LogP contribution in [0.15, 0.2) is 12.3 Å².